The Hall–Kier alpha value is -1.16. The predicted molar refractivity (Wildman–Crippen MR) is 49.3 cm³/mol. The van der Waals surface area contributed by atoms with Gasteiger partial charge in [0.2, 0.25) is 5.91 Å². The van der Waals surface area contributed by atoms with E-state index in [1.165, 1.54) is 0 Å². The Bertz CT molecular complexity index is 286. The van der Waals surface area contributed by atoms with E-state index >= 15 is 0 Å². The molecule has 0 fully saturated rings. The molecule has 1 amide bonds. The molecule has 70 valence electrons. The molecule has 0 atom stereocenters. The maximum atomic E-state index is 10.8. The SMILES string of the molecule is Cc1cnc(CNC(=O)CCl)cn1. The Labute approximate surface area is 81.3 Å². The molecule has 0 unspecified atom stereocenters. The molecule has 0 radical (unpaired) electrons. The smallest absolute Gasteiger partial charge is 0.235 e. The Balaban J connectivity index is 2.46. The summed E-state index contributed by atoms with van der Waals surface area (Å²) >= 11 is 5.30. The van der Waals surface area contributed by atoms with Crippen LogP contribution in [0.25, 0.3) is 0 Å². The Morgan fingerprint density at radius 1 is 1.54 bits per heavy atom. The third-order valence-electron chi connectivity index (χ3n) is 1.42. The fourth-order valence-electron chi connectivity index (χ4n) is 0.747. The minimum atomic E-state index is -0.205. The van der Waals surface area contributed by atoms with Gasteiger partial charge in [-0.25, -0.2) is 0 Å². The summed E-state index contributed by atoms with van der Waals surface area (Å²) in [6.45, 7) is 2.23. The van der Waals surface area contributed by atoms with Gasteiger partial charge in [0.15, 0.2) is 0 Å². The summed E-state index contributed by atoms with van der Waals surface area (Å²) in [6, 6.07) is 0. The van der Waals surface area contributed by atoms with Crippen molar-refractivity contribution < 1.29 is 4.79 Å². The van der Waals surface area contributed by atoms with Crippen LogP contribution in [0.15, 0.2) is 12.4 Å². The molecule has 1 aromatic rings. The number of amides is 1. The zero-order valence-corrected chi connectivity index (χ0v) is 8.01. The van der Waals surface area contributed by atoms with Crippen LogP contribution in [-0.2, 0) is 11.3 Å². The molecule has 13 heavy (non-hydrogen) atoms. The first-order valence-corrected chi connectivity index (χ1v) is 4.36. The molecule has 1 N–H and O–H groups in total. The van der Waals surface area contributed by atoms with Gasteiger partial charge in [-0.3, -0.25) is 14.8 Å². The lowest BCUT2D eigenvalue weighted by Crippen LogP contribution is -2.24. The first kappa shape index (κ1) is 9.92. The van der Waals surface area contributed by atoms with Gasteiger partial charge in [0, 0.05) is 6.20 Å². The number of nitrogens with one attached hydrogen (secondary N) is 1. The number of aryl methyl sites for hydroxylation is 1. The van der Waals surface area contributed by atoms with Crippen molar-refractivity contribution in [3.63, 3.8) is 0 Å². The number of carbonyl (C=O) groups is 1. The summed E-state index contributed by atoms with van der Waals surface area (Å²) in [5, 5.41) is 2.59. The lowest BCUT2D eigenvalue weighted by atomic mass is 10.4. The topological polar surface area (TPSA) is 54.9 Å². The van der Waals surface area contributed by atoms with Gasteiger partial charge in [0.25, 0.3) is 0 Å². The van der Waals surface area contributed by atoms with E-state index in [0.29, 0.717) is 6.54 Å². The van der Waals surface area contributed by atoms with Gasteiger partial charge in [0.1, 0.15) is 5.88 Å². The number of aromatic nitrogens is 2. The number of hydrogen-bond acceptors (Lipinski definition) is 3. The standard InChI is InChI=1S/C8H10ClN3O/c1-6-3-11-7(4-10-6)5-12-8(13)2-9/h3-4H,2,5H2,1H3,(H,12,13). The van der Waals surface area contributed by atoms with Gasteiger partial charge in [-0.15, -0.1) is 11.6 Å². The molecule has 0 saturated heterocycles. The monoisotopic (exact) mass is 199 g/mol. The van der Waals surface area contributed by atoms with Crippen molar-refractivity contribution in [1.82, 2.24) is 15.3 Å². The van der Waals surface area contributed by atoms with E-state index in [1.54, 1.807) is 12.4 Å². The van der Waals surface area contributed by atoms with E-state index in [-0.39, 0.29) is 11.8 Å². The van der Waals surface area contributed by atoms with Crippen molar-refractivity contribution in [2.45, 2.75) is 13.5 Å². The maximum absolute atomic E-state index is 10.8. The van der Waals surface area contributed by atoms with E-state index in [0.717, 1.165) is 11.4 Å². The van der Waals surface area contributed by atoms with Crippen LogP contribution in [0.4, 0.5) is 0 Å². The molecular weight excluding hydrogens is 190 g/mol. The summed E-state index contributed by atoms with van der Waals surface area (Å²) in [5.41, 5.74) is 1.58. The van der Waals surface area contributed by atoms with Crippen LogP contribution in [0, 0.1) is 6.92 Å². The summed E-state index contributed by atoms with van der Waals surface area (Å²) < 4.78 is 0. The highest BCUT2D eigenvalue weighted by Gasteiger charge is 1.99. The molecule has 0 saturated carbocycles. The van der Waals surface area contributed by atoms with Crippen molar-refractivity contribution in [3.8, 4) is 0 Å². The third-order valence-corrected chi connectivity index (χ3v) is 1.67. The normalized spacial score (nSPS) is 9.69. The van der Waals surface area contributed by atoms with Crippen LogP contribution < -0.4 is 5.32 Å². The van der Waals surface area contributed by atoms with Crippen molar-refractivity contribution >= 4 is 17.5 Å². The average Bonchev–Trinajstić information content (AvgIpc) is 2.16. The van der Waals surface area contributed by atoms with Crippen LogP contribution in [0.2, 0.25) is 0 Å². The fourth-order valence-corrected chi connectivity index (χ4v) is 0.841. The zero-order valence-electron chi connectivity index (χ0n) is 7.25. The molecular formula is C8H10ClN3O. The molecule has 1 aromatic heterocycles. The Morgan fingerprint density at radius 3 is 2.85 bits per heavy atom. The second-order valence-electron chi connectivity index (χ2n) is 2.56. The first-order valence-electron chi connectivity index (χ1n) is 3.82. The van der Waals surface area contributed by atoms with E-state index in [1.807, 2.05) is 6.92 Å². The zero-order chi connectivity index (χ0) is 9.68. The molecule has 4 nitrogen and oxygen atoms in total. The van der Waals surface area contributed by atoms with Gasteiger partial charge in [-0.05, 0) is 6.92 Å². The van der Waals surface area contributed by atoms with Crippen molar-refractivity contribution in [3.05, 3.63) is 23.8 Å². The fraction of sp³-hybridized carbons (Fsp3) is 0.375. The van der Waals surface area contributed by atoms with Crippen LogP contribution in [0.5, 0.6) is 0 Å². The highest BCUT2D eigenvalue weighted by Crippen LogP contribution is 1.93. The van der Waals surface area contributed by atoms with Crippen LogP contribution >= 0.6 is 11.6 Å². The molecule has 0 bridgehead atoms. The number of carbonyl (C=O) groups excluding carboxylic acids is 1. The first-order chi connectivity index (χ1) is 6.22. The van der Waals surface area contributed by atoms with Gasteiger partial charge >= 0.3 is 0 Å². The molecule has 0 aromatic carbocycles. The Kier molecular flexibility index (Phi) is 3.64. The van der Waals surface area contributed by atoms with Crippen molar-refractivity contribution in [2.75, 3.05) is 5.88 Å². The number of hydrogen-bond donors (Lipinski definition) is 1. The highest BCUT2D eigenvalue weighted by molar-refractivity contribution is 6.27. The molecule has 0 spiro atoms. The molecule has 0 aliphatic rings. The van der Waals surface area contributed by atoms with E-state index in [2.05, 4.69) is 15.3 Å². The maximum Gasteiger partial charge on any atom is 0.235 e. The van der Waals surface area contributed by atoms with Gasteiger partial charge < -0.3 is 5.32 Å². The van der Waals surface area contributed by atoms with E-state index < -0.39 is 0 Å². The molecule has 5 heteroatoms. The molecule has 0 aliphatic carbocycles. The largest absolute Gasteiger partial charge is 0.349 e. The highest BCUT2D eigenvalue weighted by atomic mass is 35.5. The second-order valence-corrected chi connectivity index (χ2v) is 2.83. The lowest BCUT2D eigenvalue weighted by molar-refractivity contribution is -0.118. The summed E-state index contributed by atoms with van der Waals surface area (Å²) in [4.78, 5) is 18.9. The minimum absolute atomic E-state index is 0.0285. The molecule has 1 heterocycles. The number of rotatable bonds is 3. The van der Waals surface area contributed by atoms with Crippen LogP contribution in [0.1, 0.15) is 11.4 Å². The number of halogens is 1. The van der Waals surface area contributed by atoms with Gasteiger partial charge in [0.05, 0.1) is 24.1 Å². The summed E-state index contributed by atoms with van der Waals surface area (Å²) in [5.74, 6) is -0.233. The Morgan fingerprint density at radius 2 is 2.31 bits per heavy atom. The van der Waals surface area contributed by atoms with Crippen LogP contribution in [-0.4, -0.2) is 21.8 Å². The summed E-state index contributed by atoms with van der Waals surface area (Å²) in [7, 11) is 0. The van der Waals surface area contributed by atoms with Gasteiger partial charge in [-0.2, -0.15) is 0 Å². The average molecular weight is 200 g/mol. The van der Waals surface area contributed by atoms with E-state index in [9.17, 15) is 4.79 Å². The van der Waals surface area contributed by atoms with Crippen LogP contribution in [0.3, 0.4) is 0 Å². The lowest BCUT2D eigenvalue weighted by Gasteiger charge is -2.01. The quantitative estimate of drug-likeness (QED) is 0.727. The third kappa shape index (κ3) is 3.38. The molecule has 1 rings (SSSR count). The molecule has 0 aliphatic heterocycles. The van der Waals surface area contributed by atoms with Crippen molar-refractivity contribution in [1.29, 1.82) is 0 Å². The number of nitrogens with zero attached hydrogens (tertiary/aromatic N) is 2. The number of alkyl halides is 1. The van der Waals surface area contributed by atoms with Gasteiger partial charge in [-0.1, -0.05) is 0 Å². The van der Waals surface area contributed by atoms with E-state index in [4.69, 9.17) is 11.6 Å². The van der Waals surface area contributed by atoms with Crippen molar-refractivity contribution in [2.24, 2.45) is 0 Å². The predicted octanol–water partition coefficient (Wildman–Crippen LogP) is 0.640. The minimum Gasteiger partial charge on any atom is -0.349 e. The second kappa shape index (κ2) is 4.77. The summed E-state index contributed by atoms with van der Waals surface area (Å²) in [6.07, 6.45) is 3.28.